The van der Waals surface area contributed by atoms with Crippen molar-refractivity contribution in [2.45, 2.75) is 144 Å². The minimum atomic E-state index is 0.438. The normalized spacial score (nSPS) is 11.2. The molecule has 6 rings (SSSR count). The molecular weight excluding hydrogens is 825 g/mol. The third kappa shape index (κ3) is 16.9. The largest absolute Gasteiger partial charge is 0.494 e. The van der Waals surface area contributed by atoms with Gasteiger partial charge in [-0.3, -0.25) is 0 Å². The van der Waals surface area contributed by atoms with Crippen molar-refractivity contribution in [2.24, 2.45) is 0 Å². The number of rotatable bonds is 32. The minimum absolute atomic E-state index is 0.438. The fraction of sp³-hybridized carbons (Fsp3) is 0.419. The molecule has 0 N–H and O–H groups in total. The fourth-order valence-electron chi connectivity index (χ4n) is 8.75. The van der Waals surface area contributed by atoms with E-state index in [9.17, 15) is 0 Å². The van der Waals surface area contributed by atoms with E-state index in [-0.39, 0.29) is 0 Å². The highest BCUT2D eigenvalue weighted by Crippen LogP contribution is 2.35. The molecule has 0 bridgehead atoms. The van der Waals surface area contributed by atoms with Gasteiger partial charge in [-0.25, -0.2) is 0 Å². The summed E-state index contributed by atoms with van der Waals surface area (Å²) in [4.78, 5) is 0. The van der Waals surface area contributed by atoms with Crippen LogP contribution >= 0.6 is 0 Å². The van der Waals surface area contributed by atoms with Crippen molar-refractivity contribution < 1.29 is 23.7 Å². The Morgan fingerprint density at radius 2 is 0.582 bits per heavy atom. The Labute approximate surface area is 404 Å². The van der Waals surface area contributed by atoms with Gasteiger partial charge in [0.1, 0.15) is 23.0 Å². The van der Waals surface area contributed by atoms with E-state index in [1.54, 1.807) is 0 Å². The average Bonchev–Trinajstić information content (AvgIpc) is 3.36. The van der Waals surface area contributed by atoms with Crippen LogP contribution in [-0.2, 0) is 18.0 Å². The summed E-state index contributed by atoms with van der Waals surface area (Å²) in [5, 5.41) is 0. The molecule has 0 fully saturated rings. The molecule has 0 spiro atoms. The molecule has 0 aromatic heterocycles. The monoisotopic (exact) mass is 903 g/mol. The van der Waals surface area contributed by atoms with E-state index >= 15 is 0 Å². The van der Waals surface area contributed by atoms with Gasteiger partial charge in [-0.1, -0.05) is 177 Å². The van der Waals surface area contributed by atoms with Crippen LogP contribution < -0.4 is 18.9 Å². The predicted molar refractivity (Wildman–Crippen MR) is 282 cm³/mol. The minimum Gasteiger partial charge on any atom is -0.494 e. The van der Waals surface area contributed by atoms with Crippen molar-refractivity contribution in [1.29, 1.82) is 0 Å². The Bertz CT molecular complexity index is 2260. The van der Waals surface area contributed by atoms with E-state index in [1.165, 1.54) is 89.9 Å². The Hall–Kier alpha value is -5.52. The van der Waals surface area contributed by atoms with Gasteiger partial charge >= 0.3 is 0 Å². The third-order valence-corrected chi connectivity index (χ3v) is 12.6. The zero-order chi connectivity index (χ0) is 46.7. The van der Waals surface area contributed by atoms with Crippen molar-refractivity contribution in [2.75, 3.05) is 26.4 Å². The molecule has 0 radical (unpaired) electrons. The first-order chi connectivity index (χ1) is 33.1. The first-order valence-corrected chi connectivity index (χ1v) is 25.8. The molecule has 5 heteroatoms. The summed E-state index contributed by atoms with van der Waals surface area (Å²) >= 11 is 0. The molecule has 0 atom stereocenters. The predicted octanol–water partition coefficient (Wildman–Crippen LogP) is 17.9. The molecule has 0 saturated heterocycles. The van der Waals surface area contributed by atoms with Crippen molar-refractivity contribution in [1.82, 2.24) is 0 Å². The highest BCUT2D eigenvalue weighted by atomic mass is 16.5. The molecule has 0 saturated carbocycles. The topological polar surface area (TPSA) is 46.2 Å². The van der Waals surface area contributed by atoms with Crippen LogP contribution in [0.2, 0.25) is 0 Å². The Morgan fingerprint density at radius 3 is 0.925 bits per heavy atom. The maximum Gasteiger partial charge on any atom is 0.119 e. The second kappa shape index (κ2) is 29.3. The summed E-state index contributed by atoms with van der Waals surface area (Å²) in [6, 6.07) is 47.3. The first kappa shape index (κ1) is 50.9. The number of benzene rings is 6. The van der Waals surface area contributed by atoms with Crippen LogP contribution in [0.25, 0.3) is 44.5 Å². The molecule has 0 aliphatic heterocycles. The van der Waals surface area contributed by atoms with Crippen LogP contribution in [0.4, 0.5) is 0 Å². The van der Waals surface area contributed by atoms with E-state index in [0.717, 1.165) is 105 Å². The van der Waals surface area contributed by atoms with Gasteiger partial charge in [0.05, 0.1) is 39.6 Å². The number of hydrogen-bond acceptors (Lipinski definition) is 5. The standard InChI is InChI=1S/C62H78O5/c1-5-9-11-13-15-17-19-21-43-66-59-35-25-50(26-36-59)54-32-42-62(52-29-39-60(40-30-52)67-44-22-20-18-16-14-12-10-6-2)56(46-54)48-63-47-55-45-53(49-23-33-57(34-24-49)64-7-3)31-41-61(55)51-27-37-58(38-28-51)65-8-4/h23-42,45-46H,5-22,43-44,47-48H2,1-4H3. The average molecular weight is 903 g/mol. The molecule has 6 aromatic carbocycles. The maximum absolute atomic E-state index is 6.79. The molecule has 356 valence electrons. The summed E-state index contributed by atoms with van der Waals surface area (Å²) in [6.45, 7) is 12.2. The van der Waals surface area contributed by atoms with E-state index in [4.69, 9.17) is 23.7 Å². The third-order valence-electron chi connectivity index (χ3n) is 12.6. The molecule has 0 aliphatic rings. The van der Waals surface area contributed by atoms with Crippen molar-refractivity contribution in [3.63, 3.8) is 0 Å². The van der Waals surface area contributed by atoms with Crippen LogP contribution in [-0.4, -0.2) is 26.4 Å². The number of unbranched alkanes of at least 4 members (excludes halogenated alkanes) is 14. The van der Waals surface area contributed by atoms with Gasteiger partial charge in [-0.05, 0) is 143 Å². The van der Waals surface area contributed by atoms with Gasteiger partial charge in [-0.15, -0.1) is 0 Å². The van der Waals surface area contributed by atoms with Crippen molar-refractivity contribution >= 4 is 0 Å². The van der Waals surface area contributed by atoms with Crippen LogP contribution in [0.15, 0.2) is 133 Å². The van der Waals surface area contributed by atoms with Crippen molar-refractivity contribution in [3.05, 3.63) is 145 Å². The fourth-order valence-corrected chi connectivity index (χ4v) is 8.75. The number of ether oxygens (including phenoxy) is 5. The van der Waals surface area contributed by atoms with E-state index in [1.807, 2.05) is 38.1 Å². The van der Waals surface area contributed by atoms with Gasteiger partial charge in [0.15, 0.2) is 0 Å². The molecule has 0 aliphatic carbocycles. The molecule has 5 nitrogen and oxygen atoms in total. The summed E-state index contributed by atoms with van der Waals surface area (Å²) in [5.41, 5.74) is 11.4. The molecule has 0 amide bonds. The van der Waals surface area contributed by atoms with Gasteiger partial charge in [0, 0.05) is 0 Å². The summed E-state index contributed by atoms with van der Waals surface area (Å²) in [7, 11) is 0. The second-order valence-electron chi connectivity index (χ2n) is 17.8. The Morgan fingerprint density at radius 1 is 0.284 bits per heavy atom. The quantitative estimate of drug-likeness (QED) is 0.0395. The van der Waals surface area contributed by atoms with Crippen LogP contribution in [0, 0.1) is 0 Å². The lowest BCUT2D eigenvalue weighted by Crippen LogP contribution is -2.00. The van der Waals surface area contributed by atoms with Gasteiger partial charge in [0.25, 0.3) is 0 Å². The SMILES string of the molecule is CCCCCCCCCCOc1ccc(-c2ccc(-c3ccc(OCCCCCCCCCC)cc3)c(COCc3cc(-c4ccc(OCC)cc4)ccc3-c3ccc(OCC)cc3)c2)cc1. The molecule has 0 heterocycles. The Kier molecular flexibility index (Phi) is 22.2. The van der Waals surface area contributed by atoms with Gasteiger partial charge in [0.2, 0.25) is 0 Å². The smallest absolute Gasteiger partial charge is 0.119 e. The molecule has 0 unspecified atom stereocenters. The van der Waals surface area contributed by atoms with E-state index < -0.39 is 0 Å². The highest BCUT2D eigenvalue weighted by molar-refractivity contribution is 5.76. The zero-order valence-electron chi connectivity index (χ0n) is 41.3. The highest BCUT2D eigenvalue weighted by Gasteiger charge is 2.13. The van der Waals surface area contributed by atoms with Crippen molar-refractivity contribution in [3.8, 4) is 67.5 Å². The molecular formula is C62H78O5. The number of hydrogen-bond donors (Lipinski definition) is 0. The summed E-state index contributed by atoms with van der Waals surface area (Å²) in [6.07, 6.45) is 20.7. The molecule has 6 aromatic rings. The van der Waals surface area contributed by atoms with Crippen LogP contribution in [0.1, 0.15) is 142 Å². The van der Waals surface area contributed by atoms with Gasteiger partial charge < -0.3 is 23.7 Å². The summed E-state index contributed by atoms with van der Waals surface area (Å²) in [5.74, 6) is 3.58. The van der Waals surface area contributed by atoms with Gasteiger partial charge in [-0.2, -0.15) is 0 Å². The first-order valence-electron chi connectivity index (χ1n) is 25.8. The lowest BCUT2D eigenvalue weighted by atomic mass is 9.94. The van der Waals surface area contributed by atoms with E-state index in [0.29, 0.717) is 26.4 Å². The zero-order valence-corrected chi connectivity index (χ0v) is 41.3. The summed E-state index contributed by atoms with van der Waals surface area (Å²) < 4.78 is 30.7. The lowest BCUT2D eigenvalue weighted by Gasteiger charge is -2.16. The van der Waals surface area contributed by atoms with Crippen LogP contribution in [0.3, 0.4) is 0 Å². The lowest BCUT2D eigenvalue weighted by molar-refractivity contribution is 0.108. The molecule has 67 heavy (non-hydrogen) atoms. The Balaban J connectivity index is 1.18. The van der Waals surface area contributed by atoms with Crippen LogP contribution in [0.5, 0.6) is 23.0 Å². The second-order valence-corrected chi connectivity index (χ2v) is 17.8. The maximum atomic E-state index is 6.79. The van der Waals surface area contributed by atoms with E-state index in [2.05, 4.69) is 123 Å².